The summed E-state index contributed by atoms with van der Waals surface area (Å²) in [5, 5.41) is 0. The molecule has 0 radical (unpaired) electrons. The molecule has 2 atom stereocenters. The molecule has 2 aliphatic carbocycles. The first-order valence-electron chi connectivity index (χ1n) is 14.0. The molecule has 0 spiro atoms. The van der Waals surface area contributed by atoms with Crippen molar-refractivity contribution in [3.05, 3.63) is 77.0 Å². The summed E-state index contributed by atoms with van der Waals surface area (Å²) in [5.74, 6) is 0.371. The maximum Gasteiger partial charge on any atom is 0.306 e. The van der Waals surface area contributed by atoms with E-state index in [1.54, 1.807) is 0 Å². The molecule has 212 valence electrons. The number of esters is 1. The molecule has 0 unspecified atom stereocenters. The molecule has 1 heterocycles. The monoisotopic (exact) mass is 549 g/mol. The van der Waals surface area contributed by atoms with E-state index in [2.05, 4.69) is 18.8 Å². The molecule has 2 fully saturated rings. The average molecular weight is 550 g/mol. The van der Waals surface area contributed by atoms with E-state index in [0.717, 1.165) is 49.4 Å². The maximum absolute atomic E-state index is 15.6. The van der Waals surface area contributed by atoms with Crippen LogP contribution in [0.1, 0.15) is 80.9 Å². The second kappa shape index (κ2) is 11.6. The maximum atomic E-state index is 15.6. The zero-order valence-electron chi connectivity index (χ0n) is 23.6. The van der Waals surface area contributed by atoms with Gasteiger partial charge in [0.2, 0.25) is 5.88 Å². The first kappa shape index (κ1) is 28.1. The van der Waals surface area contributed by atoms with Crippen molar-refractivity contribution >= 4 is 5.97 Å². The Hall–Kier alpha value is -3.48. The van der Waals surface area contributed by atoms with Crippen molar-refractivity contribution in [2.75, 3.05) is 14.2 Å². The molecule has 5 nitrogen and oxygen atoms in total. The molecule has 40 heavy (non-hydrogen) atoms. The van der Waals surface area contributed by atoms with Crippen LogP contribution in [0.5, 0.6) is 11.6 Å². The number of carbonyl (C=O) groups excluding carboxylic acids is 1. The van der Waals surface area contributed by atoms with Crippen molar-refractivity contribution in [1.82, 2.24) is 4.98 Å². The number of rotatable bonds is 10. The van der Waals surface area contributed by atoms with Gasteiger partial charge in [0.15, 0.2) is 0 Å². The lowest BCUT2D eigenvalue weighted by atomic mass is 9.75. The van der Waals surface area contributed by atoms with E-state index >= 15 is 8.78 Å². The summed E-state index contributed by atoms with van der Waals surface area (Å²) in [4.78, 5) is 16.0. The van der Waals surface area contributed by atoms with Crippen LogP contribution < -0.4 is 9.47 Å². The molecule has 0 amide bonds. The number of halogens is 2. The molecule has 0 saturated heterocycles. The van der Waals surface area contributed by atoms with Crippen LogP contribution in [0.15, 0.2) is 48.7 Å². The van der Waals surface area contributed by atoms with Crippen LogP contribution in [0.25, 0.3) is 11.1 Å². The number of nitrogens with zero attached hydrogens (tertiary/aromatic N) is 1. The van der Waals surface area contributed by atoms with Gasteiger partial charge in [0.1, 0.15) is 24.0 Å². The number of carbonyl (C=O) groups is 1. The Morgan fingerprint density at radius 3 is 2.52 bits per heavy atom. The van der Waals surface area contributed by atoms with Crippen molar-refractivity contribution in [3.8, 4) is 22.8 Å². The number of methoxy groups -OCH3 is 2. The van der Waals surface area contributed by atoms with E-state index in [9.17, 15) is 4.79 Å². The first-order valence-corrected chi connectivity index (χ1v) is 14.0. The summed E-state index contributed by atoms with van der Waals surface area (Å²) in [5.41, 5.74) is 3.15. The van der Waals surface area contributed by atoms with Crippen LogP contribution in [0, 0.1) is 23.0 Å². The smallest absolute Gasteiger partial charge is 0.306 e. The molecule has 2 saturated carbocycles. The Bertz CT molecular complexity index is 1380. The molecule has 2 aliphatic rings. The third-order valence-electron chi connectivity index (χ3n) is 8.67. The fourth-order valence-electron chi connectivity index (χ4n) is 6.22. The van der Waals surface area contributed by atoms with Gasteiger partial charge in [-0.15, -0.1) is 0 Å². The number of pyridine rings is 1. The van der Waals surface area contributed by atoms with Crippen molar-refractivity contribution in [2.45, 2.75) is 70.8 Å². The Labute approximate surface area is 234 Å². The zero-order chi connectivity index (χ0) is 28.4. The Morgan fingerprint density at radius 2 is 1.85 bits per heavy atom. The molecule has 0 aliphatic heterocycles. The number of ether oxygens (including phenoxy) is 3. The highest BCUT2D eigenvalue weighted by atomic mass is 19.1. The van der Waals surface area contributed by atoms with Crippen LogP contribution in [0.3, 0.4) is 0 Å². The highest BCUT2D eigenvalue weighted by Gasteiger charge is 2.38. The molecule has 7 heteroatoms. The average Bonchev–Trinajstić information content (AvgIpc) is 3.73. The topological polar surface area (TPSA) is 57.7 Å². The molecule has 0 N–H and O–H groups in total. The van der Waals surface area contributed by atoms with Crippen LogP contribution in [-0.4, -0.2) is 25.2 Å². The minimum absolute atomic E-state index is 0.00983. The van der Waals surface area contributed by atoms with Gasteiger partial charge in [0.25, 0.3) is 0 Å². The fraction of sp³-hybridized carbons (Fsp3) is 0.455. The number of hydrogen-bond donors (Lipinski definition) is 0. The summed E-state index contributed by atoms with van der Waals surface area (Å²) in [7, 11) is 2.88. The standard InChI is InChI=1S/C33H37F2NO4/c1-33(2)12-6-9-28(33)26-14-22(29(34)15-25(26)27-16-31(38-3)36-18-30(27)35)19-40-23-8-5-7-21(13-23)24(20-10-11-20)17-32(37)39-4/h5,7-8,13-16,18,20,24,28H,6,9-12,17,19H2,1-4H3/t24-,28-/m0/s1. The van der Waals surface area contributed by atoms with E-state index in [1.807, 2.05) is 30.3 Å². The largest absolute Gasteiger partial charge is 0.489 e. The summed E-state index contributed by atoms with van der Waals surface area (Å²) in [6.07, 6.45) is 6.68. The van der Waals surface area contributed by atoms with Gasteiger partial charge < -0.3 is 14.2 Å². The first-order chi connectivity index (χ1) is 19.2. The van der Waals surface area contributed by atoms with Gasteiger partial charge in [-0.3, -0.25) is 4.79 Å². The van der Waals surface area contributed by atoms with Gasteiger partial charge in [-0.05, 0) is 89.8 Å². The van der Waals surface area contributed by atoms with Crippen molar-refractivity contribution in [2.24, 2.45) is 11.3 Å². The van der Waals surface area contributed by atoms with Gasteiger partial charge in [-0.1, -0.05) is 32.4 Å². The van der Waals surface area contributed by atoms with E-state index in [1.165, 1.54) is 26.4 Å². The number of hydrogen-bond acceptors (Lipinski definition) is 5. The fourth-order valence-corrected chi connectivity index (χ4v) is 6.22. The predicted octanol–water partition coefficient (Wildman–Crippen LogP) is 7.96. The molecule has 5 rings (SSSR count). The quantitative estimate of drug-likeness (QED) is 0.240. The van der Waals surface area contributed by atoms with Crippen molar-refractivity contribution in [3.63, 3.8) is 0 Å². The third-order valence-corrected chi connectivity index (χ3v) is 8.67. The van der Waals surface area contributed by atoms with Gasteiger partial charge in [-0.2, -0.15) is 0 Å². The summed E-state index contributed by atoms with van der Waals surface area (Å²) >= 11 is 0. The van der Waals surface area contributed by atoms with Crippen LogP contribution >= 0.6 is 0 Å². The van der Waals surface area contributed by atoms with Crippen LogP contribution in [0.2, 0.25) is 0 Å². The number of benzene rings is 2. The second-order valence-electron chi connectivity index (χ2n) is 11.8. The molecule has 0 bridgehead atoms. The van der Waals surface area contributed by atoms with Crippen molar-refractivity contribution in [1.29, 1.82) is 0 Å². The predicted molar refractivity (Wildman–Crippen MR) is 149 cm³/mol. The Morgan fingerprint density at radius 1 is 1.05 bits per heavy atom. The summed E-state index contributed by atoms with van der Waals surface area (Å²) < 4.78 is 46.9. The third kappa shape index (κ3) is 5.98. The molecule has 2 aromatic carbocycles. The van der Waals surface area contributed by atoms with Gasteiger partial charge in [-0.25, -0.2) is 13.8 Å². The van der Waals surface area contributed by atoms with Crippen molar-refractivity contribution < 1.29 is 27.8 Å². The van der Waals surface area contributed by atoms with Gasteiger partial charge >= 0.3 is 5.97 Å². The summed E-state index contributed by atoms with van der Waals surface area (Å²) in [6, 6.07) is 12.5. The summed E-state index contributed by atoms with van der Waals surface area (Å²) in [6.45, 7) is 4.46. The van der Waals surface area contributed by atoms with E-state index in [0.29, 0.717) is 29.2 Å². The van der Waals surface area contributed by atoms with Gasteiger partial charge in [0.05, 0.1) is 26.8 Å². The zero-order valence-corrected chi connectivity index (χ0v) is 23.6. The molecular weight excluding hydrogens is 512 g/mol. The van der Waals surface area contributed by atoms with Gasteiger partial charge in [0, 0.05) is 17.2 Å². The lowest BCUT2D eigenvalue weighted by Crippen LogP contribution is -2.17. The highest BCUT2D eigenvalue weighted by Crippen LogP contribution is 2.52. The van der Waals surface area contributed by atoms with E-state index in [-0.39, 0.29) is 41.3 Å². The Balaban J connectivity index is 1.46. The lowest BCUT2D eigenvalue weighted by molar-refractivity contribution is -0.141. The number of aromatic nitrogens is 1. The lowest BCUT2D eigenvalue weighted by Gasteiger charge is -2.30. The van der Waals surface area contributed by atoms with E-state index in [4.69, 9.17) is 14.2 Å². The minimum atomic E-state index is -0.518. The SMILES string of the molecule is COC(=O)C[C@H](c1cccc(OCc2cc([C@@H]3CCCC3(C)C)c(-c3cc(OC)ncc3F)cc2F)c1)C1CC1. The van der Waals surface area contributed by atoms with Crippen LogP contribution in [0.4, 0.5) is 8.78 Å². The molecule has 1 aromatic heterocycles. The molecular formula is C33H37F2NO4. The highest BCUT2D eigenvalue weighted by molar-refractivity contribution is 5.71. The normalized spacial score (nSPS) is 18.8. The Kier molecular flexibility index (Phi) is 8.11. The van der Waals surface area contributed by atoms with E-state index < -0.39 is 11.6 Å². The second-order valence-corrected chi connectivity index (χ2v) is 11.8. The van der Waals surface area contributed by atoms with Crippen LogP contribution in [-0.2, 0) is 16.1 Å². The molecule has 3 aromatic rings. The minimum Gasteiger partial charge on any atom is -0.489 e.